The number of nitrogens with one attached hydrogen (secondary N) is 2. The van der Waals surface area contributed by atoms with E-state index in [4.69, 9.17) is 34.8 Å². The van der Waals surface area contributed by atoms with Crippen molar-refractivity contribution in [1.82, 2.24) is 10.2 Å². The third-order valence-corrected chi connectivity index (χ3v) is 3.21. The van der Waals surface area contributed by atoms with Crippen LogP contribution in [0, 0.1) is 6.92 Å². The molecular formula is C11H10Cl3N3. The Hall–Kier alpha value is -0.900. The normalized spacial score (nSPS) is 10.6. The fourth-order valence-corrected chi connectivity index (χ4v) is 2.40. The van der Waals surface area contributed by atoms with Gasteiger partial charge in [-0.1, -0.05) is 34.8 Å². The van der Waals surface area contributed by atoms with Gasteiger partial charge in [0.25, 0.3) is 0 Å². The number of benzene rings is 1. The quantitative estimate of drug-likeness (QED) is 0.885. The van der Waals surface area contributed by atoms with E-state index in [0.717, 1.165) is 11.3 Å². The average molecular weight is 291 g/mol. The SMILES string of the molecule is Cc1[nH]ncc1CNc1c(Cl)cc(Cl)cc1Cl. The maximum Gasteiger partial charge on any atom is 0.0722 e. The highest BCUT2D eigenvalue weighted by Crippen LogP contribution is 2.33. The predicted octanol–water partition coefficient (Wildman–Crippen LogP) is 4.29. The van der Waals surface area contributed by atoms with Crippen molar-refractivity contribution in [2.75, 3.05) is 5.32 Å². The van der Waals surface area contributed by atoms with Gasteiger partial charge in [-0.15, -0.1) is 0 Å². The van der Waals surface area contributed by atoms with E-state index in [9.17, 15) is 0 Å². The van der Waals surface area contributed by atoms with Crippen LogP contribution in [0.15, 0.2) is 18.3 Å². The van der Waals surface area contributed by atoms with Gasteiger partial charge in [0.1, 0.15) is 0 Å². The van der Waals surface area contributed by atoms with Crippen LogP contribution in [0.3, 0.4) is 0 Å². The standard InChI is InChI=1S/C11H10Cl3N3/c1-6-7(5-16-17-6)4-15-11-9(13)2-8(12)3-10(11)14/h2-3,5,15H,4H2,1H3,(H,16,17). The number of hydrogen-bond acceptors (Lipinski definition) is 2. The van der Waals surface area contributed by atoms with Crippen LogP contribution < -0.4 is 5.32 Å². The topological polar surface area (TPSA) is 40.7 Å². The fourth-order valence-electron chi connectivity index (χ4n) is 1.45. The second-order valence-corrected chi connectivity index (χ2v) is 4.87. The van der Waals surface area contributed by atoms with Crippen LogP contribution in [0.1, 0.15) is 11.3 Å². The lowest BCUT2D eigenvalue weighted by molar-refractivity contribution is 1.04. The van der Waals surface area contributed by atoms with Gasteiger partial charge in [-0.3, -0.25) is 5.10 Å². The number of aryl methyl sites for hydroxylation is 1. The molecule has 3 nitrogen and oxygen atoms in total. The van der Waals surface area contributed by atoms with Gasteiger partial charge in [0.15, 0.2) is 0 Å². The summed E-state index contributed by atoms with van der Waals surface area (Å²) in [5.41, 5.74) is 2.75. The molecule has 2 N–H and O–H groups in total. The van der Waals surface area contributed by atoms with E-state index in [1.165, 1.54) is 0 Å². The number of H-pyrrole nitrogens is 1. The Morgan fingerprint density at radius 3 is 2.41 bits per heavy atom. The van der Waals surface area contributed by atoms with Gasteiger partial charge in [0, 0.05) is 22.8 Å². The van der Waals surface area contributed by atoms with E-state index in [1.54, 1.807) is 18.3 Å². The van der Waals surface area contributed by atoms with E-state index < -0.39 is 0 Å². The minimum absolute atomic E-state index is 0.503. The highest BCUT2D eigenvalue weighted by atomic mass is 35.5. The minimum Gasteiger partial charge on any atom is -0.378 e. The Morgan fingerprint density at radius 1 is 1.24 bits per heavy atom. The molecule has 0 aliphatic carbocycles. The van der Waals surface area contributed by atoms with E-state index in [1.807, 2.05) is 6.92 Å². The third kappa shape index (κ3) is 2.86. The Kier molecular flexibility index (Phi) is 3.82. The predicted molar refractivity (Wildman–Crippen MR) is 72.1 cm³/mol. The summed E-state index contributed by atoms with van der Waals surface area (Å²) in [4.78, 5) is 0. The van der Waals surface area contributed by atoms with Gasteiger partial charge in [-0.25, -0.2) is 0 Å². The van der Waals surface area contributed by atoms with Crippen molar-refractivity contribution >= 4 is 40.5 Å². The minimum atomic E-state index is 0.503. The molecular weight excluding hydrogens is 281 g/mol. The van der Waals surface area contributed by atoms with Crippen LogP contribution in [-0.4, -0.2) is 10.2 Å². The molecule has 0 fully saturated rings. The van der Waals surface area contributed by atoms with E-state index in [-0.39, 0.29) is 0 Å². The lowest BCUT2D eigenvalue weighted by Crippen LogP contribution is -2.01. The molecule has 0 spiro atoms. The largest absolute Gasteiger partial charge is 0.378 e. The molecule has 0 bridgehead atoms. The molecule has 0 atom stereocenters. The second kappa shape index (κ2) is 5.17. The van der Waals surface area contributed by atoms with Crippen LogP contribution in [0.25, 0.3) is 0 Å². The highest BCUT2D eigenvalue weighted by molar-refractivity contribution is 6.41. The van der Waals surface area contributed by atoms with Crippen LogP contribution >= 0.6 is 34.8 Å². The van der Waals surface area contributed by atoms with Gasteiger partial charge in [0.05, 0.1) is 21.9 Å². The van der Waals surface area contributed by atoms with Crippen molar-refractivity contribution in [3.05, 3.63) is 44.7 Å². The zero-order chi connectivity index (χ0) is 12.4. The first-order valence-corrected chi connectivity index (χ1v) is 6.08. The number of aromatic nitrogens is 2. The van der Waals surface area contributed by atoms with Gasteiger partial charge >= 0.3 is 0 Å². The Morgan fingerprint density at radius 2 is 1.88 bits per heavy atom. The van der Waals surface area contributed by atoms with Gasteiger partial charge in [0.2, 0.25) is 0 Å². The molecule has 2 rings (SSSR count). The third-order valence-electron chi connectivity index (χ3n) is 2.40. The molecule has 0 aliphatic heterocycles. The molecule has 0 aliphatic rings. The Bertz CT molecular complexity index is 514. The molecule has 1 aromatic carbocycles. The van der Waals surface area contributed by atoms with Crippen molar-refractivity contribution in [2.24, 2.45) is 0 Å². The maximum atomic E-state index is 6.06. The van der Waals surface area contributed by atoms with Gasteiger partial charge in [-0.05, 0) is 19.1 Å². The zero-order valence-corrected chi connectivity index (χ0v) is 11.3. The van der Waals surface area contributed by atoms with Crippen molar-refractivity contribution in [3.8, 4) is 0 Å². The monoisotopic (exact) mass is 289 g/mol. The Balaban J connectivity index is 2.17. The first-order chi connectivity index (χ1) is 8.08. The fraction of sp³-hybridized carbons (Fsp3) is 0.182. The van der Waals surface area contributed by atoms with Crippen LogP contribution in [-0.2, 0) is 6.54 Å². The van der Waals surface area contributed by atoms with E-state index >= 15 is 0 Å². The summed E-state index contributed by atoms with van der Waals surface area (Å²) < 4.78 is 0. The molecule has 0 saturated carbocycles. The molecule has 1 aromatic heterocycles. The lowest BCUT2D eigenvalue weighted by Gasteiger charge is -2.10. The van der Waals surface area contributed by atoms with E-state index in [2.05, 4.69) is 15.5 Å². The van der Waals surface area contributed by atoms with Crippen molar-refractivity contribution in [3.63, 3.8) is 0 Å². The highest BCUT2D eigenvalue weighted by Gasteiger charge is 2.08. The number of hydrogen-bond donors (Lipinski definition) is 2. The average Bonchev–Trinajstić information content (AvgIpc) is 2.62. The molecule has 90 valence electrons. The summed E-state index contributed by atoms with van der Waals surface area (Å²) in [6.45, 7) is 2.55. The number of rotatable bonds is 3. The van der Waals surface area contributed by atoms with Crippen LogP contribution in [0.4, 0.5) is 5.69 Å². The van der Waals surface area contributed by atoms with E-state index in [0.29, 0.717) is 27.3 Å². The summed E-state index contributed by atoms with van der Waals surface area (Å²) in [6, 6.07) is 3.30. The summed E-state index contributed by atoms with van der Waals surface area (Å²) in [7, 11) is 0. The van der Waals surface area contributed by atoms with Crippen LogP contribution in [0.5, 0.6) is 0 Å². The summed E-state index contributed by atoms with van der Waals surface area (Å²) in [5.74, 6) is 0. The number of aromatic amines is 1. The smallest absolute Gasteiger partial charge is 0.0722 e. The lowest BCUT2D eigenvalue weighted by atomic mass is 10.2. The number of halogens is 3. The van der Waals surface area contributed by atoms with Crippen molar-refractivity contribution < 1.29 is 0 Å². The number of nitrogens with zero attached hydrogens (tertiary/aromatic N) is 1. The summed E-state index contributed by atoms with van der Waals surface area (Å²) >= 11 is 18.0. The number of anilines is 1. The summed E-state index contributed by atoms with van der Waals surface area (Å²) in [6.07, 6.45) is 1.76. The molecule has 0 unspecified atom stereocenters. The summed E-state index contributed by atoms with van der Waals surface area (Å²) in [5, 5.41) is 11.5. The van der Waals surface area contributed by atoms with Crippen molar-refractivity contribution in [1.29, 1.82) is 0 Å². The first-order valence-electron chi connectivity index (χ1n) is 4.95. The van der Waals surface area contributed by atoms with Gasteiger partial charge in [-0.2, -0.15) is 5.10 Å². The molecule has 0 amide bonds. The zero-order valence-electron chi connectivity index (χ0n) is 9.02. The molecule has 6 heteroatoms. The first kappa shape index (κ1) is 12.6. The van der Waals surface area contributed by atoms with Gasteiger partial charge < -0.3 is 5.32 Å². The Labute approximate surface area is 114 Å². The molecule has 0 saturated heterocycles. The second-order valence-electron chi connectivity index (χ2n) is 3.62. The van der Waals surface area contributed by atoms with Crippen LogP contribution in [0.2, 0.25) is 15.1 Å². The van der Waals surface area contributed by atoms with Crippen molar-refractivity contribution in [2.45, 2.75) is 13.5 Å². The molecule has 17 heavy (non-hydrogen) atoms. The molecule has 0 radical (unpaired) electrons. The molecule has 1 heterocycles. The molecule has 2 aromatic rings. The maximum absolute atomic E-state index is 6.06.